The first-order valence-electron chi connectivity index (χ1n) is 8.59. The van der Waals surface area contributed by atoms with Crippen LogP contribution < -0.4 is 0 Å². The topological polar surface area (TPSA) is 21.1 Å². The number of aromatic nitrogens is 2. The van der Waals surface area contributed by atoms with Crippen LogP contribution in [-0.2, 0) is 25.8 Å². The highest BCUT2D eigenvalue weighted by Gasteiger charge is 2.20. The molecule has 3 heterocycles. The lowest BCUT2D eigenvalue weighted by atomic mass is 10.1. The summed E-state index contributed by atoms with van der Waals surface area (Å²) in [6.07, 6.45) is 6.98. The second-order valence-corrected chi connectivity index (χ2v) is 7.08. The molecule has 0 saturated carbocycles. The molecule has 0 fully saturated rings. The highest BCUT2D eigenvalue weighted by atomic mass is 35.5. The Balaban J connectivity index is 1.76. The molecular weight excluding hydrogens is 318 g/mol. The molecule has 0 atom stereocenters. The number of benzene rings is 1. The van der Waals surface area contributed by atoms with E-state index in [9.17, 15) is 0 Å². The minimum Gasteiger partial charge on any atom is -0.344 e. The quantitative estimate of drug-likeness (QED) is 0.720. The number of hydrogen-bond acceptors (Lipinski definition) is 2. The maximum absolute atomic E-state index is 6.29. The van der Waals surface area contributed by atoms with Gasteiger partial charge in [0.05, 0.1) is 0 Å². The first-order chi connectivity index (χ1) is 11.7. The Morgan fingerprint density at radius 3 is 2.71 bits per heavy atom. The van der Waals surface area contributed by atoms with Crippen molar-refractivity contribution in [2.75, 3.05) is 20.1 Å². The standard InChI is InChI=1S/C20H22ClN3/c1-23-11-7-17-18-14-16(21)2-3-19(18)24(20(17)8-12-23)13-6-15-4-9-22-10-5-15/h2-5,9-10,14H,6-8,11-13H2,1H3. The number of hydrogen-bond donors (Lipinski definition) is 0. The molecule has 0 aliphatic carbocycles. The van der Waals surface area contributed by atoms with Gasteiger partial charge in [-0.05, 0) is 61.3 Å². The van der Waals surface area contributed by atoms with E-state index in [0.717, 1.165) is 43.9 Å². The zero-order chi connectivity index (χ0) is 16.5. The summed E-state index contributed by atoms with van der Waals surface area (Å²) < 4.78 is 2.51. The third-order valence-corrected chi connectivity index (χ3v) is 5.33. The summed E-state index contributed by atoms with van der Waals surface area (Å²) >= 11 is 6.29. The third kappa shape index (κ3) is 2.94. The average Bonchev–Trinajstić information content (AvgIpc) is 2.74. The van der Waals surface area contributed by atoms with Crippen molar-refractivity contribution in [1.82, 2.24) is 14.5 Å². The molecule has 124 valence electrons. The minimum absolute atomic E-state index is 0.828. The summed E-state index contributed by atoms with van der Waals surface area (Å²) in [5.74, 6) is 0. The Labute approximate surface area is 147 Å². The van der Waals surface area contributed by atoms with Crippen molar-refractivity contribution in [3.63, 3.8) is 0 Å². The molecule has 4 rings (SSSR count). The van der Waals surface area contributed by atoms with Crippen LogP contribution in [0.1, 0.15) is 16.8 Å². The van der Waals surface area contributed by atoms with E-state index in [1.165, 1.54) is 27.7 Å². The van der Waals surface area contributed by atoms with Crippen LogP contribution in [0.2, 0.25) is 5.02 Å². The molecule has 1 aromatic carbocycles. The zero-order valence-corrected chi connectivity index (χ0v) is 14.8. The first-order valence-corrected chi connectivity index (χ1v) is 8.97. The average molecular weight is 340 g/mol. The van der Waals surface area contributed by atoms with Crippen LogP contribution >= 0.6 is 11.6 Å². The summed E-state index contributed by atoms with van der Waals surface area (Å²) in [6.45, 7) is 3.23. The SMILES string of the molecule is CN1CCc2c(n(CCc3ccncc3)c3ccc(Cl)cc23)CC1. The Bertz CT molecular complexity index is 854. The van der Waals surface area contributed by atoms with Crippen molar-refractivity contribution < 1.29 is 0 Å². The van der Waals surface area contributed by atoms with Crippen LogP contribution in [-0.4, -0.2) is 34.6 Å². The van der Waals surface area contributed by atoms with Gasteiger partial charge in [0.25, 0.3) is 0 Å². The monoisotopic (exact) mass is 339 g/mol. The number of rotatable bonds is 3. The predicted octanol–water partition coefficient (Wildman–Crippen LogP) is 3.96. The molecule has 0 amide bonds. The molecule has 0 spiro atoms. The molecule has 0 saturated heterocycles. The molecule has 0 unspecified atom stereocenters. The highest BCUT2D eigenvalue weighted by Crippen LogP contribution is 2.31. The number of fused-ring (bicyclic) bond motifs is 3. The van der Waals surface area contributed by atoms with Gasteiger partial charge < -0.3 is 9.47 Å². The van der Waals surface area contributed by atoms with Gasteiger partial charge in [-0.2, -0.15) is 0 Å². The molecule has 0 N–H and O–H groups in total. The minimum atomic E-state index is 0.828. The number of pyridine rings is 1. The highest BCUT2D eigenvalue weighted by molar-refractivity contribution is 6.31. The predicted molar refractivity (Wildman–Crippen MR) is 99.8 cm³/mol. The van der Waals surface area contributed by atoms with Crippen molar-refractivity contribution in [1.29, 1.82) is 0 Å². The van der Waals surface area contributed by atoms with E-state index in [1.807, 2.05) is 18.5 Å². The fourth-order valence-electron chi connectivity index (χ4n) is 3.77. The summed E-state index contributed by atoms with van der Waals surface area (Å²) in [5, 5.41) is 2.16. The van der Waals surface area contributed by atoms with E-state index in [0.29, 0.717) is 0 Å². The summed E-state index contributed by atoms with van der Waals surface area (Å²) in [7, 11) is 2.21. The van der Waals surface area contributed by atoms with Gasteiger partial charge in [-0.3, -0.25) is 4.98 Å². The van der Waals surface area contributed by atoms with Gasteiger partial charge in [-0.1, -0.05) is 11.6 Å². The molecule has 1 aliphatic rings. The smallest absolute Gasteiger partial charge is 0.0486 e. The van der Waals surface area contributed by atoms with Crippen molar-refractivity contribution in [3.8, 4) is 0 Å². The maximum atomic E-state index is 6.29. The Morgan fingerprint density at radius 2 is 1.88 bits per heavy atom. The van der Waals surface area contributed by atoms with E-state index in [-0.39, 0.29) is 0 Å². The van der Waals surface area contributed by atoms with E-state index >= 15 is 0 Å². The fourth-order valence-corrected chi connectivity index (χ4v) is 3.94. The largest absolute Gasteiger partial charge is 0.344 e. The van der Waals surface area contributed by atoms with Crippen molar-refractivity contribution in [3.05, 3.63) is 64.6 Å². The van der Waals surface area contributed by atoms with Crippen LogP contribution in [0.4, 0.5) is 0 Å². The molecular formula is C20H22ClN3. The van der Waals surface area contributed by atoms with E-state index in [2.05, 4.69) is 45.8 Å². The molecule has 24 heavy (non-hydrogen) atoms. The van der Waals surface area contributed by atoms with E-state index in [1.54, 1.807) is 0 Å². The fraction of sp³-hybridized carbons (Fsp3) is 0.350. The van der Waals surface area contributed by atoms with Crippen LogP contribution in [0.5, 0.6) is 0 Å². The molecule has 1 aliphatic heterocycles. The van der Waals surface area contributed by atoms with Gasteiger partial charge in [0.2, 0.25) is 0 Å². The maximum Gasteiger partial charge on any atom is 0.0486 e. The van der Waals surface area contributed by atoms with Gasteiger partial charge in [0, 0.05) is 60.1 Å². The normalized spacial score (nSPS) is 15.4. The van der Waals surface area contributed by atoms with Gasteiger partial charge in [-0.15, -0.1) is 0 Å². The van der Waals surface area contributed by atoms with Gasteiger partial charge in [0.1, 0.15) is 0 Å². The zero-order valence-electron chi connectivity index (χ0n) is 14.0. The Hall–Kier alpha value is -1.84. The molecule has 0 radical (unpaired) electrons. The van der Waals surface area contributed by atoms with E-state index in [4.69, 9.17) is 11.6 Å². The number of likely N-dealkylation sites (N-methyl/N-ethyl adjacent to an activating group) is 1. The van der Waals surface area contributed by atoms with Crippen molar-refractivity contribution in [2.45, 2.75) is 25.8 Å². The molecule has 3 aromatic rings. The van der Waals surface area contributed by atoms with E-state index < -0.39 is 0 Å². The second-order valence-electron chi connectivity index (χ2n) is 6.65. The van der Waals surface area contributed by atoms with Gasteiger partial charge in [0.15, 0.2) is 0 Å². The van der Waals surface area contributed by atoms with Gasteiger partial charge in [-0.25, -0.2) is 0 Å². The summed E-state index contributed by atoms with van der Waals surface area (Å²) in [5.41, 5.74) is 5.64. The Morgan fingerprint density at radius 1 is 1.08 bits per heavy atom. The number of halogens is 1. The Kier molecular flexibility index (Phi) is 4.30. The molecule has 2 aromatic heterocycles. The molecule has 0 bridgehead atoms. The molecule has 4 heteroatoms. The second kappa shape index (κ2) is 6.58. The summed E-state index contributed by atoms with van der Waals surface area (Å²) in [6, 6.07) is 10.6. The van der Waals surface area contributed by atoms with Crippen LogP contribution in [0.3, 0.4) is 0 Å². The van der Waals surface area contributed by atoms with Crippen LogP contribution in [0.15, 0.2) is 42.7 Å². The van der Waals surface area contributed by atoms with Crippen LogP contribution in [0, 0.1) is 0 Å². The van der Waals surface area contributed by atoms with Gasteiger partial charge >= 0.3 is 0 Å². The summed E-state index contributed by atoms with van der Waals surface area (Å²) in [4.78, 5) is 6.53. The van der Waals surface area contributed by atoms with Crippen molar-refractivity contribution >= 4 is 22.5 Å². The number of nitrogens with zero attached hydrogens (tertiary/aromatic N) is 3. The van der Waals surface area contributed by atoms with Crippen molar-refractivity contribution in [2.24, 2.45) is 0 Å². The third-order valence-electron chi connectivity index (χ3n) is 5.10. The lowest BCUT2D eigenvalue weighted by molar-refractivity contribution is 0.351. The number of aryl methyl sites for hydroxylation is 2. The lowest BCUT2D eigenvalue weighted by Crippen LogP contribution is -2.21. The lowest BCUT2D eigenvalue weighted by Gasteiger charge is -2.14. The van der Waals surface area contributed by atoms with Crippen LogP contribution in [0.25, 0.3) is 10.9 Å². The molecule has 3 nitrogen and oxygen atoms in total. The first kappa shape index (κ1) is 15.7.